The van der Waals surface area contributed by atoms with Gasteiger partial charge in [-0.15, -0.1) is 0 Å². The molecule has 1 aromatic heterocycles. The van der Waals surface area contributed by atoms with Gasteiger partial charge in [-0.3, -0.25) is 9.88 Å². The number of aromatic nitrogens is 1. The van der Waals surface area contributed by atoms with E-state index < -0.39 is 0 Å². The average molecular weight is 249 g/mol. The summed E-state index contributed by atoms with van der Waals surface area (Å²) in [6.07, 6.45) is 6.18. The molecule has 2 unspecified atom stereocenters. The fourth-order valence-corrected chi connectivity index (χ4v) is 2.67. The minimum Gasteiger partial charge on any atom is -0.393 e. The fraction of sp³-hybridized carbons (Fsp3) is 0.643. The largest absolute Gasteiger partial charge is 0.393 e. The van der Waals surface area contributed by atoms with E-state index in [1.54, 1.807) is 6.20 Å². The average Bonchev–Trinajstić information content (AvgIpc) is 2.42. The maximum Gasteiger partial charge on any atom is 0.0564 e. The zero-order valence-electron chi connectivity index (χ0n) is 11.0. The number of hydrogen-bond donors (Lipinski definition) is 2. The Kier molecular flexibility index (Phi) is 4.69. The molecule has 0 radical (unpaired) electrons. The van der Waals surface area contributed by atoms with Gasteiger partial charge < -0.3 is 10.8 Å². The molecule has 100 valence electrons. The highest BCUT2D eigenvalue weighted by Crippen LogP contribution is 2.27. The number of rotatable bonds is 4. The van der Waals surface area contributed by atoms with Gasteiger partial charge in [-0.25, -0.2) is 0 Å². The second-order valence-electron chi connectivity index (χ2n) is 5.07. The van der Waals surface area contributed by atoms with Gasteiger partial charge in [-0.05, 0) is 30.9 Å². The van der Waals surface area contributed by atoms with Crippen molar-refractivity contribution in [3.05, 3.63) is 30.1 Å². The van der Waals surface area contributed by atoms with Crippen LogP contribution in [0.3, 0.4) is 0 Å². The summed E-state index contributed by atoms with van der Waals surface area (Å²) in [4.78, 5) is 6.59. The Hall–Kier alpha value is -0.970. The fourth-order valence-electron chi connectivity index (χ4n) is 2.67. The Labute approximate surface area is 109 Å². The van der Waals surface area contributed by atoms with Crippen molar-refractivity contribution in [2.24, 2.45) is 5.73 Å². The molecular formula is C14H23N3O. The van der Waals surface area contributed by atoms with Gasteiger partial charge in [0.15, 0.2) is 0 Å². The van der Waals surface area contributed by atoms with Crippen LogP contribution in [-0.2, 0) is 0 Å². The first-order chi connectivity index (χ1) is 8.72. The van der Waals surface area contributed by atoms with Gasteiger partial charge in [-0.2, -0.15) is 0 Å². The monoisotopic (exact) mass is 249 g/mol. The van der Waals surface area contributed by atoms with Crippen molar-refractivity contribution in [2.75, 3.05) is 13.1 Å². The minimum atomic E-state index is -0.145. The van der Waals surface area contributed by atoms with Crippen LogP contribution < -0.4 is 5.73 Å². The van der Waals surface area contributed by atoms with Crippen LogP contribution in [0.5, 0.6) is 0 Å². The first-order valence-electron chi connectivity index (χ1n) is 6.80. The quantitative estimate of drug-likeness (QED) is 0.844. The van der Waals surface area contributed by atoms with Crippen molar-refractivity contribution in [2.45, 2.75) is 44.4 Å². The molecule has 2 heterocycles. The molecule has 1 aliphatic heterocycles. The molecule has 2 atom stereocenters. The van der Waals surface area contributed by atoms with Crippen LogP contribution in [0.2, 0.25) is 0 Å². The zero-order valence-corrected chi connectivity index (χ0v) is 11.0. The lowest BCUT2D eigenvalue weighted by Crippen LogP contribution is -2.45. The molecule has 1 aromatic rings. The van der Waals surface area contributed by atoms with E-state index in [1.165, 1.54) is 5.56 Å². The molecule has 1 saturated heterocycles. The van der Waals surface area contributed by atoms with E-state index in [1.807, 2.05) is 12.3 Å². The summed E-state index contributed by atoms with van der Waals surface area (Å²) in [5.41, 5.74) is 7.47. The van der Waals surface area contributed by atoms with Gasteiger partial charge in [0.25, 0.3) is 0 Å². The van der Waals surface area contributed by atoms with Gasteiger partial charge in [0.05, 0.1) is 12.1 Å². The summed E-state index contributed by atoms with van der Waals surface area (Å²) in [5, 5.41) is 9.60. The Morgan fingerprint density at radius 2 is 2.22 bits per heavy atom. The van der Waals surface area contributed by atoms with E-state index in [0.29, 0.717) is 0 Å². The van der Waals surface area contributed by atoms with E-state index in [2.05, 4.69) is 22.9 Å². The van der Waals surface area contributed by atoms with E-state index >= 15 is 0 Å². The molecule has 4 nitrogen and oxygen atoms in total. The summed E-state index contributed by atoms with van der Waals surface area (Å²) in [6.45, 7) is 3.94. The second kappa shape index (κ2) is 6.27. The molecule has 0 saturated carbocycles. The number of aliphatic hydroxyl groups excluding tert-OH is 1. The molecule has 3 N–H and O–H groups in total. The highest BCUT2D eigenvalue weighted by Gasteiger charge is 2.28. The third-order valence-electron chi connectivity index (χ3n) is 3.80. The lowest BCUT2D eigenvalue weighted by atomic mass is 9.95. The van der Waals surface area contributed by atoms with Crippen LogP contribution in [0.1, 0.15) is 37.8 Å². The molecule has 4 heteroatoms. The van der Waals surface area contributed by atoms with Gasteiger partial charge in [0.2, 0.25) is 0 Å². The first-order valence-corrected chi connectivity index (χ1v) is 6.80. The van der Waals surface area contributed by atoms with E-state index in [4.69, 9.17) is 5.73 Å². The van der Waals surface area contributed by atoms with Crippen molar-refractivity contribution < 1.29 is 5.11 Å². The van der Waals surface area contributed by atoms with Gasteiger partial charge in [0.1, 0.15) is 0 Å². The number of hydrogen-bond acceptors (Lipinski definition) is 4. The van der Waals surface area contributed by atoms with Crippen molar-refractivity contribution in [1.82, 2.24) is 9.88 Å². The number of aliphatic hydroxyl groups is 1. The van der Waals surface area contributed by atoms with Crippen LogP contribution in [-0.4, -0.2) is 40.2 Å². The molecular weight excluding hydrogens is 226 g/mol. The van der Waals surface area contributed by atoms with E-state index in [-0.39, 0.29) is 18.2 Å². The molecule has 0 bridgehead atoms. The number of nitrogens with two attached hydrogens (primary N) is 1. The Bertz CT molecular complexity index is 349. The Morgan fingerprint density at radius 3 is 2.78 bits per heavy atom. The summed E-state index contributed by atoms with van der Waals surface area (Å²) in [7, 11) is 0. The predicted molar refractivity (Wildman–Crippen MR) is 72.1 cm³/mol. The molecule has 1 fully saturated rings. The summed E-state index contributed by atoms with van der Waals surface area (Å²) < 4.78 is 0. The topological polar surface area (TPSA) is 62.4 Å². The molecule has 0 amide bonds. The SMILES string of the molecule is CCC(N)C(c1cccnc1)N1CCC(O)CC1. The number of likely N-dealkylation sites (tertiary alicyclic amines) is 1. The molecule has 2 rings (SSSR count). The van der Waals surface area contributed by atoms with Gasteiger partial charge in [-0.1, -0.05) is 13.0 Å². The third-order valence-corrected chi connectivity index (χ3v) is 3.80. The van der Waals surface area contributed by atoms with Gasteiger partial charge >= 0.3 is 0 Å². The lowest BCUT2D eigenvalue weighted by Gasteiger charge is -2.39. The zero-order chi connectivity index (χ0) is 13.0. The van der Waals surface area contributed by atoms with Crippen LogP contribution >= 0.6 is 0 Å². The van der Waals surface area contributed by atoms with Crippen LogP contribution in [0, 0.1) is 0 Å². The van der Waals surface area contributed by atoms with Crippen molar-refractivity contribution in [3.8, 4) is 0 Å². The summed E-state index contributed by atoms with van der Waals surface area (Å²) in [6, 6.07) is 4.39. The van der Waals surface area contributed by atoms with Crippen molar-refractivity contribution in [3.63, 3.8) is 0 Å². The number of pyridine rings is 1. The van der Waals surface area contributed by atoms with Crippen molar-refractivity contribution >= 4 is 0 Å². The normalized spacial score (nSPS) is 21.7. The number of piperidine rings is 1. The molecule has 18 heavy (non-hydrogen) atoms. The third kappa shape index (κ3) is 3.07. The maximum absolute atomic E-state index is 9.60. The van der Waals surface area contributed by atoms with Gasteiger partial charge in [0, 0.05) is 31.5 Å². The van der Waals surface area contributed by atoms with E-state index in [9.17, 15) is 5.11 Å². The standard InChI is InChI=1S/C14H23N3O/c1-2-13(15)14(11-4-3-7-16-10-11)17-8-5-12(18)6-9-17/h3-4,7,10,12-14,18H,2,5-6,8-9,15H2,1H3. The second-order valence-corrected chi connectivity index (χ2v) is 5.07. The van der Waals surface area contributed by atoms with Crippen LogP contribution in [0.15, 0.2) is 24.5 Å². The molecule has 1 aliphatic rings. The predicted octanol–water partition coefficient (Wildman–Crippen LogP) is 1.32. The van der Waals surface area contributed by atoms with E-state index in [0.717, 1.165) is 32.4 Å². The summed E-state index contributed by atoms with van der Waals surface area (Å²) in [5.74, 6) is 0. The first kappa shape index (κ1) is 13.5. The minimum absolute atomic E-state index is 0.115. The van der Waals surface area contributed by atoms with Crippen molar-refractivity contribution in [1.29, 1.82) is 0 Å². The molecule has 0 aliphatic carbocycles. The Balaban J connectivity index is 2.15. The smallest absolute Gasteiger partial charge is 0.0564 e. The molecule has 0 aromatic carbocycles. The lowest BCUT2D eigenvalue weighted by molar-refractivity contribution is 0.0528. The highest BCUT2D eigenvalue weighted by molar-refractivity contribution is 5.16. The highest BCUT2D eigenvalue weighted by atomic mass is 16.3. The maximum atomic E-state index is 9.60. The molecule has 0 spiro atoms. The van der Waals surface area contributed by atoms with Crippen LogP contribution in [0.4, 0.5) is 0 Å². The summed E-state index contributed by atoms with van der Waals surface area (Å²) >= 11 is 0. The Morgan fingerprint density at radius 1 is 1.50 bits per heavy atom. The number of nitrogens with zero attached hydrogens (tertiary/aromatic N) is 2. The van der Waals surface area contributed by atoms with Crippen LogP contribution in [0.25, 0.3) is 0 Å².